The van der Waals surface area contributed by atoms with Gasteiger partial charge in [-0.1, -0.05) is 0 Å². The highest BCUT2D eigenvalue weighted by molar-refractivity contribution is 5.36. The molecule has 0 saturated carbocycles. The van der Waals surface area contributed by atoms with Crippen LogP contribution in [-0.4, -0.2) is 35.9 Å². The summed E-state index contributed by atoms with van der Waals surface area (Å²) >= 11 is 0. The first kappa shape index (κ1) is 10.4. The molecule has 1 unspecified atom stereocenters. The lowest BCUT2D eigenvalue weighted by atomic mass is 10.2. The molecule has 1 N–H and O–H groups in total. The van der Waals surface area contributed by atoms with Gasteiger partial charge in [-0.05, 0) is 38.4 Å². The molecule has 0 aliphatic carbocycles. The molecule has 0 radical (unpaired) electrons. The van der Waals surface area contributed by atoms with Gasteiger partial charge in [0, 0.05) is 25.3 Å². The Balaban J connectivity index is 1.97. The summed E-state index contributed by atoms with van der Waals surface area (Å²) in [5.41, 5.74) is 0. The second-order valence-electron chi connectivity index (χ2n) is 3.91. The van der Waals surface area contributed by atoms with Crippen LogP contribution in [0.5, 0.6) is 0 Å². The van der Waals surface area contributed by atoms with Crippen molar-refractivity contribution in [1.29, 1.82) is 0 Å². The van der Waals surface area contributed by atoms with Crippen LogP contribution < -0.4 is 10.2 Å². The lowest BCUT2D eigenvalue weighted by Gasteiger charge is -2.24. The molecular weight excluding hydrogens is 188 g/mol. The molecule has 1 atom stereocenters. The Hall–Kier alpha value is -1.16. The standard InChI is InChI=1S/C11H18N4/c1-2-15(9-10-5-3-7-12-10)11-6-4-8-13-14-11/h4,6,8,10,12H,2-3,5,7,9H2,1H3. The fraction of sp³-hybridized carbons (Fsp3) is 0.636. The number of nitrogens with zero attached hydrogens (tertiary/aromatic N) is 3. The first-order valence-corrected chi connectivity index (χ1v) is 5.66. The van der Waals surface area contributed by atoms with E-state index in [2.05, 4.69) is 27.3 Å². The molecular formula is C11H18N4. The van der Waals surface area contributed by atoms with Crippen molar-refractivity contribution in [3.8, 4) is 0 Å². The quantitative estimate of drug-likeness (QED) is 0.799. The number of hydrogen-bond acceptors (Lipinski definition) is 4. The van der Waals surface area contributed by atoms with E-state index in [9.17, 15) is 0 Å². The average molecular weight is 206 g/mol. The highest BCUT2D eigenvalue weighted by Gasteiger charge is 2.17. The van der Waals surface area contributed by atoms with Crippen LogP contribution in [0.15, 0.2) is 18.3 Å². The predicted molar refractivity (Wildman–Crippen MR) is 60.9 cm³/mol. The number of rotatable bonds is 4. The Morgan fingerprint density at radius 3 is 3.13 bits per heavy atom. The summed E-state index contributed by atoms with van der Waals surface area (Å²) in [5.74, 6) is 0.980. The van der Waals surface area contributed by atoms with Crippen molar-refractivity contribution < 1.29 is 0 Å². The first-order chi connectivity index (χ1) is 7.40. The highest BCUT2D eigenvalue weighted by Crippen LogP contribution is 2.12. The fourth-order valence-electron chi connectivity index (χ4n) is 2.03. The van der Waals surface area contributed by atoms with E-state index in [0.29, 0.717) is 6.04 Å². The minimum absolute atomic E-state index is 0.618. The van der Waals surface area contributed by atoms with Gasteiger partial charge in [0.25, 0.3) is 0 Å². The van der Waals surface area contributed by atoms with E-state index in [-0.39, 0.29) is 0 Å². The Morgan fingerprint density at radius 2 is 2.53 bits per heavy atom. The third kappa shape index (κ3) is 2.65. The summed E-state index contributed by atoms with van der Waals surface area (Å²) in [4.78, 5) is 2.27. The third-order valence-electron chi connectivity index (χ3n) is 2.87. The summed E-state index contributed by atoms with van der Waals surface area (Å²) in [6.45, 7) is 5.33. The zero-order chi connectivity index (χ0) is 10.5. The van der Waals surface area contributed by atoms with Crippen molar-refractivity contribution in [1.82, 2.24) is 15.5 Å². The van der Waals surface area contributed by atoms with E-state index in [1.807, 2.05) is 12.1 Å². The Bertz CT molecular complexity index is 282. The molecule has 1 saturated heterocycles. The number of hydrogen-bond donors (Lipinski definition) is 1. The predicted octanol–water partition coefficient (Wildman–Crippen LogP) is 1.05. The Kier molecular flexibility index (Phi) is 3.50. The van der Waals surface area contributed by atoms with Crippen LogP contribution in [-0.2, 0) is 0 Å². The molecule has 1 aliphatic rings. The van der Waals surface area contributed by atoms with Gasteiger partial charge in [-0.3, -0.25) is 0 Å². The monoisotopic (exact) mass is 206 g/mol. The molecule has 0 aromatic carbocycles. The molecule has 4 heteroatoms. The van der Waals surface area contributed by atoms with E-state index >= 15 is 0 Å². The Labute approximate surface area is 90.7 Å². The topological polar surface area (TPSA) is 41.0 Å². The number of aromatic nitrogens is 2. The van der Waals surface area contributed by atoms with Crippen LogP contribution in [0.4, 0.5) is 5.82 Å². The molecule has 15 heavy (non-hydrogen) atoms. The lowest BCUT2D eigenvalue weighted by Crippen LogP contribution is -2.38. The van der Waals surface area contributed by atoms with Gasteiger partial charge in [-0.15, -0.1) is 5.10 Å². The molecule has 2 rings (SSSR count). The van der Waals surface area contributed by atoms with Crippen molar-refractivity contribution in [2.45, 2.75) is 25.8 Å². The maximum atomic E-state index is 4.14. The average Bonchev–Trinajstić information content (AvgIpc) is 2.80. The molecule has 1 fully saturated rings. The van der Waals surface area contributed by atoms with Crippen molar-refractivity contribution >= 4 is 5.82 Å². The fourth-order valence-corrected chi connectivity index (χ4v) is 2.03. The van der Waals surface area contributed by atoms with Gasteiger partial charge in [-0.25, -0.2) is 0 Å². The largest absolute Gasteiger partial charge is 0.354 e. The van der Waals surface area contributed by atoms with Crippen LogP contribution in [0.3, 0.4) is 0 Å². The molecule has 2 heterocycles. The smallest absolute Gasteiger partial charge is 0.151 e. The summed E-state index contributed by atoms with van der Waals surface area (Å²) < 4.78 is 0. The normalized spacial score (nSPS) is 20.5. The van der Waals surface area contributed by atoms with Gasteiger partial charge >= 0.3 is 0 Å². The minimum atomic E-state index is 0.618. The zero-order valence-corrected chi connectivity index (χ0v) is 9.19. The van der Waals surface area contributed by atoms with Crippen LogP contribution in [0.2, 0.25) is 0 Å². The molecule has 4 nitrogen and oxygen atoms in total. The molecule has 1 aromatic heterocycles. The first-order valence-electron chi connectivity index (χ1n) is 5.66. The SMILES string of the molecule is CCN(CC1CCCN1)c1cccnn1. The second-order valence-corrected chi connectivity index (χ2v) is 3.91. The van der Waals surface area contributed by atoms with E-state index in [0.717, 1.165) is 25.5 Å². The van der Waals surface area contributed by atoms with Crippen molar-refractivity contribution in [2.75, 3.05) is 24.5 Å². The van der Waals surface area contributed by atoms with Crippen LogP contribution >= 0.6 is 0 Å². The maximum absolute atomic E-state index is 4.14. The van der Waals surface area contributed by atoms with Crippen LogP contribution in [0.1, 0.15) is 19.8 Å². The molecule has 82 valence electrons. The van der Waals surface area contributed by atoms with E-state index in [1.54, 1.807) is 6.20 Å². The second kappa shape index (κ2) is 5.07. The van der Waals surface area contributed by atoms with Crippen LogP contribution in [0, 0.1) is 0 Å². The molecule has 1 aliphatic heterocycles. The summed E-state index contributed by atoms with van der Waals surface area (Å²) in [6, 6.07) is 4.57. The number of likely N-dealkylation sites (N-methyl/N-ethyl adjacent to an activating group) is 1. The molecule has 0 spiro atoms. The van der Waals surface area contributed by atoms with E-state index in [1.165, 1.54) is 12.8 Å². The highest BCUT2D eigenvalue weighted by atomic mass is 15.3. The van der Waals surface area contributed by atoms with Gasteiger partial charge in [0.1, 0.15) is 0 Å². The van der Waals surface area contributed by atoms with Crippen molar-refractivity contribution in [3.05, 3.63) is 18.3 Å². The van der Waals surface area contributed by atoms with Gasteiger partial charge in [-0.2, -0.15) is 5.10 Å². The number of nitrogens with one attached hydrogen (secondary N) is 1. The third-order valence-corrected chi connectivity index (χ3v) is 2.87. The molecule has 0 amide bonds. The van der Waals surface area contributed by atoms with Gasteiger partial charge < -0.3 is 10.2 Å². The van der Waals surface area contributed by atoms with Crippen molar-refractivity contribution in [2.24, 2.45) is 0 Å². The van der Waals surface area contributed by atoms with E-state index < -0.39 is 0 Å². The summed E-state index contributed by atoms with van der Waals surface area (Å²) in [7, 11) is 0. The maximum Gasteiger partial charge on any atom is 0.151 e. The van der Waals surface area contributed by atoms with E-state index in [4.69, 9.17) is 0 Å². The molecule has 1 aromatic rings. The van der Waals surface area contributed by atoms with Gasteiger partial charge in [0.05, 0.1) is 0 Å². The van der Waals surface area contributed by atoms with Gasteiger partial charge in [0.15, 0.2) is 5.82 Å². The van der Waals surface area contributed by atoms with Crippen molar-refractivity contribution in [3.63, 3.8) is 0 Å². The summed E-state index contributed by atoms with van der Waals surface area (Å²) in [6.07, 6.45) is 4.28. The summed E-state index contributed by atoms with van der Waals surface area (Å²) in [5, 5.41) is 11.6. The zero-order valence-electron chi connectivity index (χ0n) is 9.19. The van der Waals surface area contributed by atoms with Gasteiger partial charge in [0.2, 0.25) is 0 Å². The van der Waals surface area contributed by atoms with Crippen LogP contribution in [0.25, 0.3) is 0 Å². The minimum Gasteiger partial charge on any atom is -0.354 e. The Morgan fingerprint density at radius 1 is 1.60 bits per heavy atom. The molecule has 0 bridgehead atoms. The lowest BCUT2D eigenvalue weighted by molar-refractivity contribution is 0.582. The number of anilines is 1.